The Hall–Kier alpha value is -3.84. The molecule has 0 radical (unpaired) electrons. The molecule has 180 valence electrons. The molecule has 5 rings (SSSR count). The van der Waals surface area contributed by atoms with Crippen molar-refractivity contribution in [3.8, 4) is 11.5 Å². The van der Waals surface area contributed by atoms with Gasteiger partial charge < -0.3 is 9.47 Å². The highest BCUT2D eigenvalue weighted by Gasteiger charge is 2.60. The summed E-state index contributed by atoms with van der Waals surface area (Å²) in [6, 6.07) is 23.6. The fraction of sp³-hybridized carbons (Fsp3) is 0.286. The van der Waals surface area contributed by atoms with Gasteiger partial charge in [-0.3, -0.25) is 14.4 Å². The fourth-order valence-corrected chi connectivity index (χ4v) is 4.70. The van der Waals surface area contributed by atoms with E-state index < -0.39 is 18.1 Å². The number of methoxy groups -OCH3 is 1. The molecule has 0 spiro atoms. The van der Waals surface area contributed by atoms with E-state index in [4.69, 9.17) is 14.3 Å². The van der Waals surface area contributed by atoms with Crippen LogP contribution in [0, 0.1) is 5.92 Å². The lowest BCUT2D eigenvalue weighted by Crippen LogP contribution is -2.37. The van der Waals surface area contributed by atoms with Crippen molar-refractivity contribution in [2.45, 2.75) is 31.9 Å². The second kappa shape index (κ2) is 9.80. The van der Waals surface area contributed by atoms with Crippen molar-refractivity contribution in [2.24, 2.45) is 5.92 Å². The molecule has 3 aromatic rings. The first kappa shape index (κ1) is 22.9. The maximum absolute atomic E-state index is 13.7. The number of nitrogens with zero attached hydrogens (tertiary/aromatic N) is 2. The van der Waals surface area contributed by atoms with E-state index in [1.165, 1.54) is 4.90 Å². The van der Waals surface area contributed by atoms with Gasteiger partial charge in [0.2, 0.25) is 5.91 Å². The molecular weight excluding hydrogens is 444 g/mol. The van der Waals surface area contributed by atoms with Crippen LogP contribution in [0.2, 0.25) is 0 Å². The topological polar surface area (TPSA) is 68.3 Å². The van der Waals surface area contributed by atoms with Gasteiger partial charge in [-0.1, -0.05) is 55.8 Å². The van der Waals surface area contributed by atoms with Crippen LogP contribution in [0.25, 0.3) is 0 Å². The van der Waals surface area contributed by atoms with Gasteiger partial charge in [0, 0.05) is 0 Å². The number of amides is 2. The van der Waals surface area contributed by atoms with E-state index >= 15 is 0 Å². The lowest BCUT2D eigenvalue weighted by Gasteiger charge is -2.29. The summed E-state index contributed by atoms with van der Waals surface area (Å²) in [6.07, 6.45) is 1.06. The quantitative estimate of drug-likeness (QED) is 0.342. The standard InChI is InChI=1S/C28H28N2O5/c1-3-4-17-34-22-16-15-19(18-23(22)33-2)25-24-26(35-30(25)21-13-9-6-10-14-21)28(32)29(27(24)31)20-11-7-5-8-12-20/h5-16,18,24-26H,3-4,17H2,1-2H3/t24-,25-,26-/m0/s1. The summed E-state index contributed by atoms with van der Waals surface area (Å²) in [5, 5.41) is 1.68. The van der Waals surface area contributed by atoms with Gasteiger partial charge in [0.25, 0.3) is 5.91 Å². The Labute approximate surface area is 204 Å². The van der Waals surface area contributed by atoms with Crippen molar-refractivity contribution in [1.82, 2.24) is 0 Å². The van der Waals surface area contributed by atoms with Crippen LogP contribution in [0.4, 0.5) is 11.4 Å². The van der Waals surface area contributed by atoms with Gasteiger partial charge in [0.1, 0.15) is 5.92 Å². The van der Waals surface area contributed by atoms with Crippen molar-refractivity contribution < 1.29 is 23.9 Å². The second-order valence-corrected chi connectivity index (χ2v) is 8.62. The molecular formula is C28H28N2O5. The number of benzene rings is 3. The summed E-state index contributed by atoms with van der Waals surface area (Å²) >= 11 is 0. The number of hydrogen-bond acceptors (Lipinski definition) is 6. The first-order chi connectivity index (χ1) is 17.1. The molecule has 0 saturated carbocycles. The first-order valence-electron chi connectivity index (χ1n) is 11.9. The van der Waals surface area contributed by atoms with Gasteiger partial charge in [-0.25, -0.2) is 9.96 Å². The largest absolute Gasteiger partial charge is 0.493 e. The number of hydroxylamine groups is 1. The lowest BCUT2D eigenvalue weighted by molar-refractivity contribution is -0.126. The highest BCUT2D eigenvalue weighted by Crippen LogP contribution is 2.48. The zero-order valence-corrected chi connectivity index (χ0v) is 19.8. The molecule has 7 heteroatoms. The molecule has 2 amide bonds. The molecule has 0 N–H and O–H groups in total. The Bertz CT molecular complexity index is 1200. The minimum Gasteiger partial charge on any atom is -0.493 e. The zero-order chi connectivity index (χ0) is 24.4. The van der Waals surface area contributed by atoms with Crippen molar-refractivity contribution in [3.05, 3.63) is 84.4 Å². The number of anilines is 2. The van der Waals surface area contributed by atoms with Crippen LogP contribution in [0.1, 0.15) is 31.4 Å². The van der Waals surface area contributed by atoms with Crippen LogP contribution in [0.5, 0.6) is 11.5 Å². The third-order valence-corrected chi connectivity index (χ3v) is 6.43. The molecule has 2 saturated heterocycles. The SMILES string of the molecule is CCCCOc1ccc([C@H]2[C@@H]3C(=O)N(c4ccccc4)C(=O)[C@H]3ON2c2ccccc2)cc1OC. The van der Waals surface area contributed by atoms with Crippen LogP contribution in [0.3, 0.4) is 0 Å². The number of ether oxygens (including phenoxy) is 2. The summed E-state index contributed by atoms with van der Waals surface area (Å²) in [7, 11) is 1.59. The van der Waals surface area contributed by atoms with Crippen LogP contribution in [0.15, 0.2) is 78.9 Å². The summed E-state index contributed by atoms with van der Waals surface area (Å²) in [6.45, 7) is 2.70. The lowest BCUT2D eigenvalue weighted by atomic mass is 9.90. The minimum atomic E-state index is -0.917. The molecule has 3 aromatic carbocycles. The van der Waals surface area contributed by atoms with E-state index in [-0.39, 0.29) is 11.8 Å². The van der Waals surface area contributed by atoms with Crippen LogP contribution >= 0.6 is 0 Å². The summed E-state index contributed by atoms with van der Waals surface area (Å²) in [4.78, 5) is 34.5. The Kier molecular flexibility index (Phi) is 6.42. The monoisotopic (exact) mass is 472 g/mol. The van der Waals surface area contributed by atoms with E-state index in [1.807, 2.05) is 54.6 Å². The van der Waals surface area contributed by atoms with E-state index in [0.717, 1.165) is 24.1 Å². The maximum Gasteiger partial charge on any atom is 0.266 e. The predicted molar refractivity (Wildman–Crippen MR) is 132 cm³/mol. The number of imide groups is 1. The first-order valence-corrected chi connectivity index (χ1v) is 11.9. The van der Waals surface area contributed by atoms with Crippen molar-refractivity contribution in [2.75, 3.05) is 23.7 Å². The molecule has 2 aliphatic heterocycles. The molecule has 0 bridgehead atoms. The predicted octanol–water partition coefficient (Wildman–Crippen LogP) is 4.93. The third-order valence-electron chi connectivity index (χ3n) is 6.43. The minimum absolute atomic E-state index is 0.281. The summed E-state index contributed by atoms with van der Waals surface area (Å²) < 4.78 is 11.5. The number of fused-ring (bicyclic) bond motifs is 1. The van der Waals surface area contributed by atoms with Crippen LogP contribution in [-0.2, 0) is 14.4 Å². The van der Waals surface area contributed by atoms with E-state index in [2.05, 4.69) is 6.92 Å². The van der Waals surface area contributed by atoms with E-state index in [0.29, 0.717) is 23.8 Å². The molecule has 7 nitrogen and oxygen atoms in total. The Morgan fingerprint density at radius 1 is 0.857 bits per heavy atom. The third kappa shape index (κ3) is 4.12. The summed E-state index contributed by atoms with van der Waals surface area (Å²) in [5.41, 5.74) is 2.11. The molecule has 0 aromatic heterocycles. The van der Waals surface area contributed by atoms with Crippen LogP contribution < -0.4 is 19.4 Å². The number of carbonyl (C=O) groups is 2. The maximum atomic E-state index is 13.7. The molecule has 2 fully saturated rings. The van der Waals surface area contributed by atoms with Gasteiger partial charge in [-0.2, -0.15) is 0 Å². The molecule has 2 heterocycles. The van der Waals surface area contributed by atoms with Gasteiger partial charge in [0.05, 0.1) is 31.1 Å². The van der Waals surface area contributed by atoms with Crippen LogP contribution in [-0.4, -0.2) is 31.6 Å². The molecule has 0 unspecified atom stereocenters. The Balaban J connectivity index is 1.54. The Morgan fingerprint density at radius 2 is 1.54 bits per heavy atom. The van der Waals surface area contributed by atoms with Gasteiger partial charge in [-0.15, -0.1) is 0 Å². The second-order valence-electron chi connectivity index (χ2n) is 8.62. The number of para-hydroxylation sites is 2. The fourth-order valence-electron chi connectivity index (χ4n) is 4.70. The number of rotatable bonds is 8. The number of carbonyl (C=O) groups excluding carboxylic acids is 2. The van der Waals surface area contributed by atoms with Crippen molar-refractivity contribution in [1.29, 1.82) is 0 Å². The number of unbranched alkanes of at least 4 members (excludes halogenated alkanes) is 1. The van der Waals surface area contributed by atoms with E-state index in [9.17, 15) is 9.59 Å². The molecule has 3 atom stereocenters. The summed E-state index contributed by atoms with van der Waals surface area (Å²) in [5.74, 6) is -0.129. The highest BCUT2D eigenvalue weighted by molar-refractivity contribution is 6.23. The smallest absolute Gasteiger partial charge is 0.266 e. The van der Waals surface area contributed by atoms with Gasteiger partial charge in [0.15, 0.2) is 17.6 Å². The normalized spacial score (nSPS) is 21.4. The number of hydrogen-bond donors (Lipinski definition) is 0. The van der Waals surface area contributed by atoms with Crippen molar-refractivity contribution in [3.63, 3.8) is 0 Å². The Morgan fingerprint density at radius 3 is 2.20 bits per heavy atom. The molecule has 0 aliphatic carbocycles. The van der Waals surface area contributed by atoms with Gasteiger partial charge in [-0.05, 0) is 48.4 Å². The zero-order valence-electron chi connectivity index (χ0n) is 19.8. The van der Waals surface area contributed by atoms with Gasteiger partial charge >= 0.3 is 0 Å². The average molecular weight is 473 g/mol. The van der Waals surface area contributed by atoms with E-state index in [1.54, 1.807) is 36.4 Å². The van der Waals surface area contributed by atoms with Crippen molar-refractivity contribution >= 4 is 23.2 Å². The average Bonchev–Trinajstić information content (AvgIpc) is 3.41. The molecule has 35 heavy (non-hydrogen) atoms. The molecule has 2 aliphatic rings. The highest BCUT2D eigenvalue weighted by atomic mass is 16.7.